The van der Waals surface area contributed by atoms with Gasteiger partial charge in [0.1, 0.15) is 0 Å². The van der Waals surface area contributed by atoms with E-state index in [-0.39, 0.29) is 22.3 Å². The van der Waals surface area contributed by atoms with Crippen molar-refractivity contribution >= 4 is 22.4 Å². The van der Waals surface area contributed by atoms with Crippen LogP contribution in [-0.4, -0.2) is 34.6 Å². The van der Waals surface area contributed by atoms with Gasteiger partial charge in [0.05, 0.1) is 12.2 Å². The molecule has 0 bridgehead atoms. The van der Waals surface area contributed by atoms with E-state index < -0.39 is 16.6 Å². The third-order valence-corrected chi connectivity index (χ3v) is 22.6. The van der Waals surface area contributed by atoms with Crippen LogP contribution in [0, 0.1) is 29.1 Å². The summed E-state index contributed by atoms with van der Waals surface area (Å²) in [6, 6.07) is 0. The topological polar surface area (TPSA) is 35.5 Å². The highest BCUT2D eigenvalue weighted by Gasteiger charge is 2.51. The summed E-state index contributed by atoms with van der Waals surface area (Å²) >= 11 is 0. The fraction of sp³-hybridized carbons (Fsp3) is 0.775. The van der Waals surface area contributed by atoms with Crippen LogP contribution in [-0.2, 0) is 13.6 Å². The smallest absolute Gasteiger partial charge is 0.192 e. The number of rotatable bonds is 8. The molecule has 4 aliphatic carbocycles. The molecular weight excluding hydrogens is 585 g/mol. The number of fused-ring (bicyclic) bond motifs is 1. The van der Waals surface area contributed by atoms with Gasteiger partial charge >= 0.3 is 0 Å². The zero-order chi connectivity index (χ0) is 33.8. The molecule has 254 valence electrons. The van der Waals surface area contributed by atoms with Gasteiger partial charge in [0.15, 0.2) is 22.4 Å². The number of allylic oxidation sites excluding steroid dienone is 4. The molecule has 0 spiro atoms. The zero-order valence-corrected chi connectivity index (χ0v) is 33.3. The van der Waals surface area contributed by atoms with Crippen molar-refractivity contribution in [2.75, 3.05) is 0 Å². The Hall–Kier alpha value is -1.02. The Morgan fingerprint density at radius 1 is 0.933 bits per heavy atom. The molecule has 4 saturated carbocycles. The van der Waals surface area contributed by atoms with Gasteiger partial charge in [-0.2, -0.15) is 0 Å². The van der Waals surface area contributed by atoms with Gasteiger partial charge < -0.3 is 8.85 Å². The van der Waals surface area contributed by atoms with Gasteiger partial charge in [-0.15, -0.1) is 0 Å². The van der Waals surface area contributed by atoms with Crippen LogP contribution < -0.4 is 0 Å². The van der Waals surface area contributed by atoms with E-state index in [0.717, 1.165) is 37.2 Å². The SMILES string of the molecule is C=C1CC(C[C@@H](C)[C@H]2CCC3/C(=C/C=C4/C[C@@H](O[Si](C)(C)C(C)(C)C)C[C@H](O[Si](C)(C)C(C)(C)C)C4=C)CCC[C@@]32C)CC1=O. The van der Waals surface area contributed by atoms with Crippen molar-refractivity contribution in [1.82, 2.24) is 0 Å². The molecule has 0 aromatic heterocycles. The lowest BCUT2D eigenvalue weighted by Crippen LogP contribution is -2.49. The molecule has 0 aromatic carbocycles. The van der Waals surface area contributed by atoms with Gasteiger partial charge in [0.25, 0.3) is 0 Å². The Labute approximate surface area is 280 Å². The Morgan fingerprint density at radius 3 is 2.13 bits per heavy atom. The van der Waals surface area contributed by atoms with Crippen molar-refractivity contribution in [3.63, 3.8) is 0 Å². The van der Waals surface area contributed by atoms with E-state index in [1.54, 1.807) is 5.57 Å². The van der Waals surface area contributed by atoms with Crippen LogP contribution in [0.2, 0.25) is 36.3 Å². The molecule has 7 atom stereocenters. The van der Waals surface area contributed by atoms with Gasteiger partial charge in [-0.05, 0) is 133 Å². The van der Waals surface area contributed by atoms with Crippen LogP contribution in [0.1, 0.15) is 120 Å². The Bertz CT molecular complexity index is 1190. The van der Waals surface area contributed by atoms with Crippen LogP contribution in [0.3, 0.4) is 0 Å². The fourth-order valence-electron chi connectivity index (χ4n) is 8.78. The predicted molar refractivity (Wildman–Crippen MR) is 198 cm³/mol. The van der Waals surface area contributed by atoms with Gasteiger partial charge in [-0.1, -0.05) is 86.3 Å². The first-order chi connectivity index (χ1) is 20.6. The summed E-state index contributed by atoms with van der Waals surface area (Å²) in [6.45, 7) is 37.3. The molecular formula is C40H68O3Si2. The van der Waals surface area contributed by atoms with Crippen LogP contribution >= 0.6 is 0 Å². The highest BCUT2D eigenvalue weighted by Crippen LogP contribution is 2.60. The van der Waals surface area contributed by atoms with E-state index in [2.05, 4.69) is 107 Å². The van der Waals surface area contributed by atoms with E-state index in [1.165, 1.54) is 49.7 Å². The average molecular weight is 653 g/mol. The second-order valence-corrected chi connectivity index (χ2v) is 28.4. The van der Waals surface area contributed by atoms with Crippen LogP contribution in [0.25, 0.3) is 0 Å². The molecule has 0 heterocycles. The van der Waals surface area contributed by atoms with E-state index in [0.29, 0.717) is 29.0 Å². The lowest BCUT2D eigenvalue weighted by atomic mass is 9.60. The first-order valence-corrected chi connectivity index (χ1v) is 24.0. The minimum absolute atomic E-state index is 0.0194. The summed E-state index contributed by atoms with van der Waals surface area (Å²) in [5.74, 6) is 2.85. The minimum atomic E-state index is -1.98. The lowest BCUT2D eigenvalue weighted by Gasteiger charge is -2.46. The summed E-state index contributed by atoms with van der Waals surface area (Å²) in [5, 5.41) is 0.323. The molecule has 3 nitrogen and oxygen atoms in total. The van der Waals surface area contributed by atoms with Crippen LogP contribution in [0.15, 0.2) is 47.6 Å². The normalized spacial score (nSPS) is 34.6. The molecule has 5 heteroatoms. The summed E-state index contributed by atoms with van der Waals surface area (Å²) < 4.78 is 14.2. The summed E-state index contributed by atoms with van der Waals surface area (Å²) in [5.41, 5.74) is 5.38. The Balaban J connectivity index is 1.57. The molecule has 45 heavy (non-hydrogen) atoms. The molecule has 0 amide bonds. The first kappa shape index (κ1) is 36.8. The van der Waals surface area contributed by atoms with Gasteiger partial charge in [0, 0.05) is 12.8 Å². The van der Waals surface area contributed by atoms with Gasteiger partial charge in [-0.3, -0.25) is 4.79 Å². The highest BCUT2D eigenvalue weighted by atomic mass is 28.4. The molecule has 4 rings (SSSR count). The predicted octanol–water partition coefficient (Wildman–Crippen LogP) is 11.7. The first-order valence-electron chi connectivity index (χ1n) is 18.2. The monoisotopic (exact) mass is 652 g/mol. The maximum absolute atomic E-state index is 12.2. The Kier molecular flexibility index (Phi) is 10.7. The molecule has 0 radical (unpaired) electrons. The molecule has 0 saturated heterocycles. The van der Waals surface area contributed by atoms with E-state index in [9.17, 15) is 4.79 Å². The van der Waals surface area contributed by atoms with Crippen molar-refractivity contribution in [2.45, 2.75) is 168 Å². The highest BCUT2D eigenvalue weighted by molar-refractivity contribution is 6.74. The molecule has 0 aromatic rings. The van der Waals surface area contributed by atoms with Crippen molar-refractivity contribution in [1.29, 1.82) is 0 Å². The van der Waals surface area contributed by atoms with E-state index in [1.807, 2.05) is 0 Å². The largest absolute Gasteiger partial charge is 0.413 e. The quantitative estimate of drug-likeness (QED) is 0.193. The number of carbonyl (C=O) groups is 1. The van der Waals surface area contributed by atoms with Crippen molar-refractivity contribution in [2.24, 2.45) is 29.1 Å². The van der Waals surface area contributed by atoms with Crippen LogP contribution in [0.4, 0.5) is 0 Å². The number of carbonyl (C=O) groups excluding carboxylic acids is 1. The third-order valence-electron chi connectivity index (χ3n) is 13.6. The number of Topliss-reactive ketones (excluding diaryl/α,β-unsaturated/α-hetero) is 1. The van der Waals surface area contributed by atoms with Crippen LogP contribution in [0.5, 0.6) is 0 Å². The van der Waals surface area contributed by atoms with E-state index in [4.69, 9.17) is 8.85 Å². The Morgan fingerprint density at radius 2 is 1.56 bits per heavy atom. The number of hydrogen-bond acceptors (Lipinski definition) is 3. The van der Waals surface area contributed by atoms with Crippen molar-refractivity contribution < 1.29 is 13.6 Å². The van der Waals surface area contributed by atoms with Gasteiger partial charge in [-0.25, -0.2) is 0 Å². The minimum Gasteiger partial charge on any atom is -0.413 e. The van der Waals surface area contributed by atoms with Crippen molar-refractivity contribution in [3.8, 4) is 0 Å². The summed E-state index contributed by atoms with van der Waals surface area (Å²) in [4.78, 5) is 12.2. The standard InChI is InChI=1S/C40H68O3Si2/c1-27(22-30-23-28(2)36(41)24-30)34-19-20-35-31(16-15-21-40(34,35)10)17-18-32-25-33(42-44(11,12)38(4,5)6)26-37(29(32)3)43-45(13,14)39(7,8)9/h17-18,27,30,33-35,37H,2-3,15-16,19-26H2,1,4-14H3/b31-17+,32-18-/t27-,30?,33-,34-,35?,37+,40-/m1/s1. The van der Waals surface area contributed by atoms with E-state index >= 15 is 0 Å². The third kappa shape index (κ3) is 7.84. The summed E-state index contributed by atoms with van der Waals surface area (Å²) in [6.07, 6.45) is 16.2. The number of ketones is 1. The maximum Gasteiger partial charge on any atom is 0.192 e. The zero-order valence-electron chi connectivity index (χ0n) is 31.3. The molecule has 0 aliphatic heterocycles. The summed E-state index contributed by atoms with van der Waals surface area (Å²) in [7, 11) is -3.91. The fourth-order valence-corrected chi connectivity index (χ4v) is 11.4. The molecule has 2 unspecified atom stereocenters. The molecule has 4 fully saturated rings. The molecule has 0 N–H and O–H groups in total. The van der Waals surface area contributed by atoms with Crippen molar-refractivity contribution in [3.05, 3.63) is 47.6 Å². The average Bonchev–Trinajstić information content (AvgIpc) is 3.41. The second-order valence-electron chi connectivity index (χ2n) is 18.9. The number of hydrogen-bond donors (Lipinski definition) is 0. The lowest BCUT2D eigenvalue weighted by molar-refractivity contribution is -0.114. The van der Waals surface area contributed by atoms with Gasteiger partial charge in [0.2, 0.25) is 0 Å². The molecule has 4 aliphatic rings. The second kappa shape index (κ2) is 13.1. The maximum atomic E-state index is 12.2.